The van der Waals surface area contributed by atoms with Gasteiger partial charge < -0.3 is 5.32 Å². The Morgan fingerprint density at radius 3 is 2.91 bits per heavy atom. The molecule has 116 valence electrons. The van der Waals surface area contributed by atoms with Crippen LogP contribution in [0.3, 0.4) is 0 Å². The van der Waals surface area contributed by atoms with Crippen LogP contribution in [0.1, 0.15) is 49.3 Å². The predicted molar refractivity (Wildman–Crippen MR) is 85.1 cm³/mol. The van der Waals surface area contributed by atoms with E-state index < -0.39 is 0 Å². The second-order valence-corrected chi connectivity index (χ2v) is 6.27. The highest BCUT2D eigenvalue weighted by molar-refractivity contribution is 5.78. The molecule has 2 aliphatic carbocycles. The number of carbonyl (C=O) groups is 1. The van der Waals surface area contributed by atoms with E-state index in [9.17, 15) is 4.79 Å². The topological polar surface area (TPSA) is 56.1 Å². The van der Waals surface area contributed by atoms with E-state index >= 15 is 0 Å². The summed E-state index contributed by atoms with van der Waals surface area (Å²) >= 11 is 0. The molecule has 0 aromatic heterocycles. The van der Waals surface area contributed by atoms with Crippen molar-refractivity contribution in [3.05, 3.63) is 35.4 Å². The summed E-state index contributed by atoms with van der Waals surface area (Å²) in [6, 6.07) is 11.6. The van der Waals surface area contributed by atoms with Crippen molar-refractivity contribution in [2.24, 2.45) is 0 Å². The second kappa shape index (κ2) is 6.93. The van der Waals surface area contributed by atoms with Gasteiger partial charge in [-0.05, 0) is 43.2 Å². The molecule has 2 aliphatic rings. The van der Waals surface area contributed by atoms with Crippen molar-refractivity contribution in [1.82, 2.24) is 10.2 Å². The number of nitriles is 1. The minimum atomic E-state index is 0.0465. The number of carbonyl (C=O) groups excluding carboxylic acids is 1. The molecule has 0 unspecified atom stereocenters. The molecule has 0 spiro atoms. The molecule has 1 aromatic rings. The Hall–Kier alpha value is -1.86. The van der Waals surface area contributed by atoms with Gasteiger partial charge >= 0.3 is 0 Å². The third-order valence-electron chi connectivity index (χ3n) is 4.64. The first-order valence-electron chi connectivity index (χ1n) is 8.27. The van der Waals surface area contributed by atoms with E-state index in [4.69, 9.17) is 5.26 Å². The molecule has 1 saturated carbocycles. The monoisotopic (exact) mass is 297 g/mol. The summed E-state index contributed by atoms with van der Waals surface area (Å²) in [5, 5.41) is 11.4. The molecule has 4 nitrogen and oxygen atoms in total. The van der Waals surface area contributed by atoms with Crippen LogP contribution in [0.5, 0.6) is 0 Å². The number of benzene rings is 1. The summed E-state index contributed by atoms with van der Waals surface area (Å²) in [5.41, 5.74) is 2.85. The quantitative estimate of drug-likeness (QED) is 0.821. The zero-order chi connectivity index (χ0) is 15.4. The highest BCUT2D eigenvalue weighted by Gasteiger charge is 2.37. The summed E-state index contributed by atoms with van der Waals surface area (Å²) in [5.74, 6) is 0.0465. The van der Waals surface area contributed by atoms with Crippen molar-refractivity contribution >= 4 is 5.91 Å². The van der Waals surface area contributed by atoms with Crippen molar-refractivity contribution in [2.45, 2.75) is 50.6 Å². The highest BCUT2D eigenvalue weighted by atomic mass is 16.2. The molecule has 0 bridgehead atoms. The van der Waals surface area contributed by atoms with Gasteiger partial charge in [-0.1, -0.05) is 24.3 Å². The number of amides is 1. The molecule has 1 atom stereocenters. The lowest BCUT2D eigenvalue weighted by molar-refractivity contribution is -0.123. The lowest BCUT2D eigenvalue weighted by Crippen LogP contribution is -2.41. The maximum Gasteiger partial charge on any atom is 0.234 e. The van der Waals surface area contributed by atoms with Gasteiger partial charge in [-0.15, -0.1) is 0 Å². The van der Waals surface area contributed by atoms with Crippen molar-refractivity contribution in [1.29, 1.82) is 5.26 Å². The average molecular weight is 297 g/mol. The standard InChI is InChI=1S/C18H23N3O/c19-11-4-12-20-18(22)13-21(15-9-10-15)17-8-3-6-14-5-1-2-7-16(14)17/h1-2,5,7,15,17H,3-4,6,8-10,12-13H2,(H,20,22)/t17-/m0/s1. The van der Waals surface area contributed by atoms with Crippen LogP contribution in [0.2, 0.25) is 0 Å². The Balaban J connectivity index is 1.70. The minimum absolute atomic E-state index is 0.0465. The van der Waals surface area contributed by atoms with Crippen LogP contribution in [-0.2, 0) is 11.2 Å². The van der Waals surface area contributed by atoms with Crippen molar-refractivity contribution < 1.29 is 4.79 Å². The molecule has 1 amide bonds. The highest BCUT2D eigenvalue weighted by Crippen LogP contribution is 2.40. The summed E-state index contributed by atoms with van der Waals surface area (Å²) < 4.78 is 0. The first kappa shape index (κ1) is 15.1. The fourth-order valence-corrected chi connectivity index (χ4v) is 3.45. The maximum atomic E-state index is 12.2. The van der Waals surface area contributed by atoms with E-state index in [1.54, 1.807) is 0 Å². The third-order valence-corrected chi connectivity index (χ3v) is 4.64. The number of aryl methyl sites for hydroxylation is 1. The molecule has 0 radical (unpaired) electrons. The molecule has 0 aliphatic heterocycles. The number of nitrogens with zero attached hydrogens (tertiary/aromatic N) is 2. The molecular formula is C18H23N3O. The van der Waals surface area contributed by atoms with Gasteiger partial charge in [0.15, 0.2) is 0 Å². The van der Waals surface area contributed by atoms with Gasteiger partial charge in [0.1, 0.15) is 0 Å². The van der Waals surface area contributed by atoms with Crippen LogP contribution < -0.4 is 5.32 Å². The Bertz CT molecular complexity index is 574. The number of hydrogen-bond acceptors (Lipinski definition) is 3. The minimum Gasteiger partial charge on any atom is -0.354 e. The summed E-state index contributed by atoms with van der Waals surface area (Å²) in [6.07, 6.45) is 6.26. The Kier molecular flexibility index (Phi) is 4.74. The zero-order valence-corrected chi connectivity index (χ0v) is 12.9. The number of hydrogen-bond donors (Lipinski definition) is 1. The SMILES string of the molecule is N#CCCNC(=O)CN(C1CC1)[C@H]1CCCc2ccccc21. The molecule has 0 heterocycles. The van der Waals surface area contributed by atoms with E-state index in [-0.39, 0.29) is 5.91 Å². The zero-order valence-electron chi connectivity index (χ0n) is 12.9. The largest absolute Gasteiger partial charge is 0.354 e. The van der Waals surface area contributed by atoms with Crippen LogP contribution in [0.4, 0.5) is 0 Å². The van der Waals surface area contributed by atoms with Gasteiger partial charge in [0, 0.05) is 18.6 Å². The van der Waals surface area contributed by atoms with Gasteiger partial charge in [0.2, 0.25) is 5.91 Å². The van der Waals surface area contributed by atoms with Crippen LogP contribution in [0.25, 0.3) is 0 Å². The van der Waals surface area contributed by atoms with Gasteiger partial charge in [0.25, 0.3) is 0 Å². The van der Waals surface area contributed by atoms with Gasteiger partial charge in [-0.3, -0.25) is 9.69 Å². The normalized spacial score (nSPS) is 20.3. The Labute approximate surface area is 132 Å². The van der Waals surface area contributed by atoms with Crippen LogP contribution in [0, 0.1) is 11.3 Å². The fraction of sp³-hybridized carbons (Fsp3) is 0.556. The molecule has 3 rings (SSSR count). The van der Waals surface area contributed by atoms with Gasteiger partial charge in [-0.25, -0.2) is 0 Å². The number of rotatable bonds is 6. The molecule has 1 fully saturated rings. The number of fused-ring (bicyclic) bond motifs is 1. The first-order chi connectivity index (χ1) is 10.8. The number of nitrogens with one attached hydrogen (secondary N) is 1. The third kappa shape index (κ3) is 3.48. The van der Waals surface area contributed by atoms with Crippen LogP contribution in [-0.4, -0.2) is 29.9 Å². The summed E-state index contributed by atoms with van der Waals surface area (Å²) in [6.45, 7) is 0.907. The summed E-state index contributed by atoms with van der Waals surface area (Å²) in [4.78, 5) is 14.5. The molecule has 0 saturated heterocycles. The molecular weight excluding hydrogens is 274 g/mol. The Morgan fingerprint density at radius 1 is 1.32 bits per heavy atom. The van der Waals surface area contributed by atoms with E-state index in [2.05, 4.69) is 40.6 Å². The molecule has 1 N–H and O–H groups in total. The van der Waals surface area contributed by atoms with E-state index in [0.29, 0.717) is 31.6 Å². The Morgan fingerprint density at radius 2 is 2.14 bits per heavy atom. The van der Waals surface area contributed by atoms with E-state index in [1.165, 1.54) is 30.4 Å². The van der Waals surface area contributed by atoms with Crippen LogP contribution in [0.15, 0.2) is 24.3 Å². The molecule has 1 aromatic carbocycles. The van der Waals surface area contributed by atoms with Gasteiger partial charge in [0.05, 0.1) is 19.0 Å². The van der Waals surface area contributed by atoms with Crippen molar-refractivity contribution in [2.75, 3.05) is 13.1 Å². The first-order valence-corrected chi connectivity index (χ1v) is 8.27. The van der Waals surface area contributed by atoms with Crippen molar-refractivity contribution in [3.8, 4) is 6.07 Å². The fourth-order valence-electron chi connectivity index (χ4n) is 3.45. The lowest BCUT2D eigenvalue weighted by Gasteiger charge is -2.35. The molecule has 22 heavy (non-hydrogen) atoms. The predicted octanol–water partition coefficient (Wildman–Crippen LogP) is 2.56. The molecule has 4 heteroatoms. The average Bonchev–Trinajstić information content (AvgIpc) is 3.37. The maximum absolute atomic E-state index is 12.2. The second-order valence-electron chi connectivity index (χ2n) is 6.27. The van der Waals surface area contributed by atoms with E-state index in [0.717, 1.165) is 12.8 Å². The smallest absolute Gasteiger partial charge is 0.234 e. The van der Waals surface area contributed by atoms with Gasteiger partial charge in [-0.2, -0.15) is 5.26 Å². The van der Waals surface area contributed by atoms with Crippen LogP contribution >= 0.6 is 0 Å². The summed E-state index contributed by atoms with van der Waals surface area (Å²) in [7, 11) is 0. The van der Waals surface area contributed by atoms with Crippen molar-refractivity contribution in [3.63, 3.8) is 0 Å². The lowest BCUT2D eigenvalue weighted by atomic mass is 9.86. The van der Waals surface area contributed by atoms with E-state index in [1.807, 2.05) is 0 Å².